The Morgan fingerprint density at radius 2 is 2.11 bits per heavy atom. The smallest absolute Gasteiger partial charge is 0.319 e. The standard InChI is InChI=1S/C13H17F2N3O/c14-9-3-4-12(11(15)8-9)18-13(19)17-10-2-1-6-16-7-5-10/h3-4,8,10,16H,1-2,5-7H2,(H2,17,18,19). The van der Waals surface area contributed by atoms with E-state index in [9.17, 15) is 13.6 Å². The van der Waals surface area contributed by atoms with Gasteiger partial charge in [0.05, 0.1) is 5.69 Å². The van der Waals surface area contributed by atoms with Gasteiger partial charge in [-0.15, -0.1) is 0 Å². The number of carbonyl (C=O) groups excluding carboxylic acids is 1. The summed E-state index contributed by atoms with van der Waals surface area (Å²) in [6.45, 7) is 1.81. The normalized spacial score (nSPS) is 19.6. The van der Waals surface area contributed by atoms with Crippen LogP contribution in [0.2, 0.25) is 0 Å². The maximum atomic E-state index is 13.4. The van der Waals surface area contributed by atoms with Gasteiger partial charge in [0, 0.05) is 12.1 Å². The molecule has 0 saturated carbocycles. The summed E-state index contributed by atoms with van der Waals surface area (Å²) in [6, 6.07) is 2.68. The van der Waals surface area contributed by atoms with E-state index in [2.05, 4.69) is 16.0 Å². The fourth-order valence-corrected chi connectivity index (χ4v) is 2.10. The van der Waals surface area contributed by atoms with Crippen LogP contribution in [0.4, 0.5) is 19.3 Å². The number of nitrogens with one attached hydrogen (secondary N) is 3. The number of benzene rings is 1. The lowest BCUT2D eigenvalue weighted by atomic mass is 10.1. The molecule has 2 rings (SSSR count). The van der Waals surface area contributed by atoms with Gasteiger partial charge in [0.25, 0.3) is 0 Å². The van der Waals surface area contributed by atoms with Crippen molar-refractivity contribution in [2.45, 2.75) is 25.3 Å². The predicted molar refractivity (Wildman–Crippen MR) is 69.0 cm³/mol. The summed E-state index contributed by atoms with van der Waals surface area (Å²) in [6.07, 6.45) is 2.74. The summed E-state index contributed by atoms with van der Waals surface area (Å²) in [5, 5.41) is 8.43. The van der Waals surface area contributed by atoms with Crippen LogP contribution in [0.25, 0.3) is 0 Å². The number of halogens is 2. The highest BCUT2D eigenvalue weighted by molar-refractivity contribution is 5.89. The van der Waals surface area contributed by atoms with Gasteiger partial charge in [-0.1, -0.05) is 0 Å². The van der Waals surface area contributed by atoms with E-state index < -0.39 is 17.7 Å². The first-order valence-electron chi connectivity index (χ1n) is 6.38. The molecule has 1 atom stereocenters. The molecule has 1 saturated heterocycles. The summed E-state index contributed by atoms with van der Waals surface area (Å²) in [5.74, 6) is -1.45. The Hall–Kier alpha value is -1.69. The maximum absolute atomic E-state index is 13.4. The molecule has 0 bridgehead atoms. The van der Waals surface area contributed by atoms with Crippen molar-refractivity contribution < 1.29 is 13.6 Å². The summed E-state index contributed by atoms with van der Waals surface area (Å²) in [4.78, 5) is 11.7. The Morgan fingerprint density at radius 3 is 2.89 bits per heavy atom. The van der Waals surface area contributed by atoms with Gasteiger partial charge in [-0.25, -0.2) is 13.6 Å². The molecule has 6 heteroatoms. The van der Waals surface area contributed by atoms with Crippen molar-refractivity contribution in [3.63, 3.8) is 0 Å². The number of urea groups is 1. The number of hydrogen-bond acceptors (Lipinski definition) is 2. The lowest BCUT2D eigenvalue weighted by Gasteiger charge is -2.16. The summed E-state index contributed by atoms with van der Waals surface area (Å²) in [5.41, 5.74) is -0.0225. The van der Waals surface area contributed by atoms with Crippen molar-refractivity contribution in [3.05, 3.63) is 29.8 Å². The minimum absolute atomic E-state index is 0.0225. The Kier molecular flexibility index (Phi) is 4.68. The Balaban J connectivity index is 1.89. The molecular formula is C13H17F2N3O. The zero-order chi connectivity index (χ0) is 13.7. The van der Waals surface area contributed by atoms with E-state index >= 15 is 0 Å². The zero-order valence-corrected chi connectivity index (χ0v) is 10.5. The molecule has 3 N–H and O–H groups in total. The van der Waals surface area contributed by atoms with E-state index in [0.717, 1.165) is 44.5 Å². The van der Waals surface area contributed by atoms with Crippen LogP contribution < -0.4 is 16.0 Å². The van der Waals surface area contributed by atoms with Crippen molar-refractivity contribution in [1.82, 2.24) is 10.6 Å². The molecule has 1 aliphatic heterocycles. The van der Waals surface area contributed by atoms with E-state index in [0.29, 0.717) is 0 Å². The lowest BCUT2D eigenvalue weighted by Crippen LogP contribution is -2.38. The van der Waals surface area contributed by atoms with E-state index in [1.54, 1.807) is 0 Å². The fourth-order valence-electron chi connectivity index (χ4n) is 2.10. The molecule has 0 spiro atoms. The van der Waals surface area contributed by atoms with Crippen molar-refractivity contribution in [1.29, 1.82) is 0 Å². The van der Waals surface area contributed by atoms with Gasteiger partial charge in [0.15, 0.2) is 0 Å². The highest BCUT2D eigenvalue weighted by Gasteiger charge is 2.15. The maximum Gasteiger partial charge on any atom is 0.319 e. The third-order valence-electron chi connectivity index (χ3n) is 3.09. The molecule has 0 aromatic heterocycles. The SMILES string of the molecule is O=C(Nc1ccc(F)cc1F)NC1CCCNCC1. The van der Waals surface area contributed by atoms with Crippen LogP contribution in [0.1, 0.15) is 19.3 Å². The molecule has 1 aliphatic rings. The van der Waals surface area contributed by atoms with Gasteiger partial charge in [-0.05, 0) is 44.5 Å². The number of rotatable bonds is 2. The summed E-state index contributed by atoms with van der Waals surface area (Å²) < 4.78 is 26.1. The molecule has 1 heterocycles. The van der Waals surface area contributed by atoms with E-state index in [-0.39, 0.29) is 11.7 Å². The van der Waals surface area contributed by atoms with Gasteiger partial charge in [-0.2, -0.15) is 0 Å². The molecule has 1 unspecified atom stereocenters. The topological polar surface area (TPSA) is 53.2 Å². The Bertz CT molecular complexity index is 446. The van der Waals surface area contributed by atoms with Crippen LogP contribution in [-0.2, 0) is 0 Å². The molecule has 0 aliphatic carbocycles. The monoisotopic (exact) mass is 269 g/mol. The number of anilines is 1. The van der Waals surface area contributed by atoms with Crippen LogP contribution in [-0.4, -0.2) is 25.2 Å². The first-order chi connectivity index (χ1) is 9.15. The van der Waals surface area contributed by atoms with Gasteiger partial charge >= 0.3 is 6.03 Å². The minimum Gasteiger partial charge on any atom is -0.335 e. The first-order valence-corrected chi connectivity index (χ1v) is 6.38. The number of hydrogen-bond donors (Lipinski definition) is 3. The second-order valence-electron chi connectivity index (χ2n) is 4.60. The van der Waals surface area contributed by atoms with E-state index in [4.69, 9.17) is 0 Å². The molecule has 0 radical (unpaired) electrons. The number of amides is 2. The molecule has 104 valence electrons. The van der Waals surface area contributed by atoms with Gasteiger partial charge in [0.1, 0.15) is 11.6 Å². The van der Waals surface area contributed by atoms with Crippen LogP contribution in [0.15, 0.2) is 18.2 Å². The average Bonchev–Trinajstić information content (AvgIpc) is 2.61. The fraction of sp³-hybridized carbons (Fsp3) is 0.462. The Labute approximate surface area is 110 Å². The van der Waals surface area contributed by atoms with Crippen molar-refractivity contribution in [2.24, 2.45) is 0 Å². The van der Waals surface area contributed by atoms with Crippen LogP contribution >= 0.6 is 0 Å². The van der Waals surface area contributed by atoms with Crippen molar-refractivity contribution in [3.8, 4) is 0 Å². The van der Waals surface area contributed by atoms with Gasteiger partial charge in [-0.3, -0.25) is 0 Å². The second kappa shape index (κ2) is 6.47. The summed E-state index contributed by atoms with van der Waals surface area (Å²) in [7, 11) is 0. The largest absolute Gasteiger partial charge is 0.335 e. The lowest BCUT2D eigenvalue weighted by molar-refractivity contribution is 0.247. The average molecular weight is 269 g/mol. The van der Waals surface area contributed by atoms with E-state index in [1.807, 2.05) is 0 Å². The highest BCUT2D eigenvalue weighted by Crippen LogP contribution is 2.15. The molecule has 4 nitrogen and oxygen atoms in total. The third-order valence-corrected chi connectivity index (χ3v) is 3.09. The molecule has 1 fully saturated rings. The van der Waals surface area contributed by atoms with Crippen molar-refractivity contribution in [2.75, 3.05) is 18.4 Å². The zero-order valence-electron chi connectivity index (χ0n) is 10.5. The number of carbonyl (C=O) groups is 1. The van der Waals surface area contributed by atoms with Gasteiger partial charge < -0.3 is 16.0 Å². The first kappa shape index (κ1) is 13.7. The Morgan fingerprint density at radius 1 is 1.26 bits per heavy atom. The highest BCUT2D eigenvalue weighted by atomic mass is 19.1. The van der Waals surface area contributed by atoms with Crippen LogP contribution in [0.5, 0.6) is 0 Å². The molecule has 19 heavy (non-hydrogen) atoms. The predicted octanol–water partition coefficient (Wildman–Crippen LogP) is 2.23. The molecular weight excluding hydrogens is 252 g/mol. The second-order valence-corrected chi connectivity index (χ2v) is 4.60. The van der Waals surface area contributed by atoms with E-state index in [1.165, 1.54) is 6.07 Å². The summed E-state index contributed by atoms with van der Waals surface area (Å²) >= 11 is 0. The molecule has 1 aromatic carbocycles. The van der Waals surface area contributed by atoms with Crippen molar-refractivity contribution >= 4 is 11.7 Å². The minimum atomic E-state index is -0.780. The third kappa shape index (κ3) is 4.17. The molecule has 1 aromatic rings. The quantitative estimate of drug-likeness (QED) is 0.771. The van der Waals surface area contributed by atoms with Gasteiger partial charge in [0.2, 0.25) is 0 Å². The molecule has 2 amide bonds. The van der Waals surface area contributed by atoms with Crippen LogP contribution in [0.3, 0.4) is 0 Å². The van der Waals surface area contributed by atoms with Crippen LogP contribution in [0, 0.1) is 11.6 Å².